The van der Waals surface area contributed by atoms with Crippen LogP contribution in [0.5, 0.6) is 0 Å². The summed E-state index contributed by atoms with van der Waals surface area (Å²) in [6.07, 6.45) is 1.31. The van der Waals surface area contributed by atoms with Gasteiger partial charge in [0.15, 0.2) is 0 Å². The average molecular weight is 152 g/mol. The molecule has 0 amide bonds. The lowest BCUT2D eigenvalue weighted by Gasteiger charge is -1.90. The van der Waals surface area contributed by atoms with E-state index in [0.717, 1.165) is 0 Å². The van der Waals surface area contributed by atoms with Gasteiger partial charge in [0.1, 0.15) is 6.33 Å². The Balaban J connectivity index is 3.02. The van der Waals surface area contributed by atoms with Gasteiger partial charge in [-0.05, 0) is 0 Å². The average Bonchev–Trinajstić information content (AvgIpc) is 2.34. The number of nitrogens with one attached hydrogen (secondary N) is 1. The zero-order valence-corrected chi connectivity index (χ0v) is 5.35. The molecular formula is C4H4N6O. The molecule has 0 bridgehead atoms. The Morgan fingerprint density at radius 3 is 3.27 bits per heavy atom. The number of aromatic nitrogens is 5. The molecule has 0 fully saturated rings. The molecule has 2 heterocycles. The molecule has 7 nitrogen and oxygen atoms in total. The summed E-state index contributed by atoms with van der Waals surface area (Å²) in [5, 5.41) is 10.7. The Morgan fingerprint density at radius 1 is 1.64 bits per heavy atom. The Hall–Kier alpha value is -1.92. The lowest BCUT2D eigenvalue weighted by molar-refractivity contribution is 0.893. The zero-order valence-electron chi connectivity index (χ0n) is 5.35. The molecule has 3 N–H and O–H groups in total. The lowest BCUT2D eigenvalue weighted by Crippen LogP contribution is -2.15. The van der Waals surface area contributed by atoms with Gasteiger partial charge in [-0.1, -0.05) is 0 Å². The molecule has 0 atom stereocenters. The molecule has 0 aromatic carbocycles. The van der Waals surface area contributed by atoms with E-state index < -0.39 is 5.56 Å². The second-order valence-corrected chi connectivity index (χ2v) is 1.94. The molecule has 2 aromatic heterocycles. The predicted octanol–water partition coefficient (Wildman–Crippen LogP) is -1.61. The van der Waals surface area contributed by atoms with E-state index in [-0.39, 0.29) is 11.6 Å². The minimum absolute atomic E-state index is 0.0438. The number of aromatic amines is 1. The van der Waals surface area contributed by atoms with Crippen molar-refractivity contribution < 1.29 is 0 Å². The van der Waals surface area contributed by atoms with E-state index in [1.165, 1.54) is 10.8 Å². The predicted molar refractivity (Wildman–Crippen MR) is 35.8 cm³/mol. The molecule has 2 aromatic rings. The minimum Gasteiger partial charge on any atom is -0.368 e. The number of H-pyrrole nitrogens is 1. The number of rotatable bonds is 0. The topological polar surface area (TPSA) is 102 Å². The van der Waals surface area contributed by atoms with Crippen LogP contribution in [-0.2, 0) is 0 Å². The summed E-state index contributed by atoms with van der Waals surface area (Å²) in [5.41, 5.74) is 4.99. The van der Waals surface area contributed by atoms with Crippen molar-refractivity contribution >= 4 is 11.6 Å². The molecule has 0 unspecified atom stereocenters. The third kappa shape index (κ3) is 0.741. The van der Waals surface area contributed by atoms with E-state index in [0.29, 0.717) is 0 Å². The minimum atomic E-state index is -0.394. The number of nitrogens with zero attached hydrogens (tertiary/aromatic N) is 4. The van der Waals surface area contributed by atoms with Crippen LogP contribution in [0.4, 0.5) is 5.95 Å². The van der Waals surface area contributed by atoms with E-state index in [4.69, 9.17) is 5.73 Å². The fourth-order valence-corrected chi connectivity index (χ4v) is 0.766. The van der Waals surface area contributed by atoms with Crippen molar-refractivity contribution in [2.75, 3.05) is 5.73 Å². The molecule has 0 saturated heterocycles. The van der Waals surface area contributed by atoms with Gasteiger partial charge < -0.3 is 5.73 Å². The van der Waals surface area contributed by atoms with Crippen LogP contribution >= 0.6 is 0 Å². The molecule has 0 spiro atoms. The summed E-state index contributed by atoms with van der Waals surface area (Å²) >= 11 is 0. The maximum atomic E-state index is 11.0. The Bertz CT molecular complexity index is 441. The number of fused-ring (bicyclic) bond motifs is 1. The van der Waals surface area contributed by atoms with Crippen molar-refractivity contribution in [2.45, 2.75) is 0 Å². The Labute approximate surface area is 59.9 Å². The number of hydrogen-bond acceptors (Lipinski definition) is 5. The lowest BCUT2D eigenvalue weighted by atomic mass is 10.7. The Morgan fingerprint density at radius 2 is 2.45 bits per heavy atom. The molecular weight excluding hydrogens is 148 g/mol. The first kappa shape index (κ1) is 5.83. The summed E-state index contributed by atoms with van der Waals surface area (Å²) in [4.78, 5) is 13.2. The number of hydrogen-bond donors (Lipinski definition) is 2. The van der Waals surface area contributed by atoms with E-state index >= 15 is 0 Å². The number of nitrogen functional groups attached to an aromatic ring is 1. The van der Waals surface area contributed by atoms with Crippen LogP contribution in [0.2, 0.25) is 0 Å². The number of anilines is 1. The highest BCUT2D eigenvalue weighted by molar-refractivity contribution is 5.33. The summed E-state index contributed by atoms with van der Waals surface area (Å²) in [7, 11) is 0. The molecule has 0 aliphatic carbocycles. The highest BCUT2D eigenvalue weighted by Crippen LogP contribution is 1.87. The monoisotopic (exact) mass is 152 g/mol. The van der Waals surface area contributed by atoms with Crippen LogP contribution in [0.15, 0.2) is 11.1 Å². The zero-order chi connectivity index (χ0) is 7.84. The van der Waals surface area contributed by atoms with Crippen molar-refractivity contribution in [3.05, 3.63) is 16.7 Å². The Kier molecular flexibility index (Phi) is 0.945. The molecule has 2 rings (SSSR count). The maximum Gasteiger partial charge on any atom is 0.297 e. The molecule has 0 aliphatic rings. The smallest absolute Gasteiger partial charge is 0.297 e. The van der Waals surface area contributed by atoms with E-state index in [2.05, 4.69) is 20.3 Å². The summed E-state index contributed by atoms with van der Waals surface area (Å²) < 4.78 is 1.22. The second-order valence-electron chi connectivity index (χ2n) is 1.94. The standard InChI is InChI=1S/C4H4N6O/c5-4-7-3(11)2-8-6-1-10(2)9-4/h1H,(H3,5,7,9,11). The van der Waals surface area contributed by atoms with Gasteiger partial charge in [0.25, 0.3) is 5.56 Å². The van der Waals surface area contributed by atoms with Gasteiger partial charge in [-0.3, -0.25) is 9.78 Å². The quantitative estimate of drug-likeness (QED) is 0.473. The van der Waals surface area contributed by atoms with Gasteiger partial charge in [-0.25, -0.2) is 0 Å². The molecule has 0 aliphatic heterocycles. The van der Waals surface area contributed by atoms with Gasteiger partial charge in [0.05, 0.1) is 0 Å². The summed E-state index contributed by atoms with van der Waals surface area (Å²) in [5.74, 6) is 0.0438. The van der Waals surface area contributed by atoms with Crippen LogP contribution in [0.1, 0.15) is 0 Å². The van der Waals surface area contributed by atoms with E-state index in [1.807, 2.05) is 0 Å². The fraction of sp³-hybridized carbons (Fsp3) is 0. The molecule has 56 valence electrons. The van der Waals surface area contributed by atoms with Crippen LogP contribution in [0.25, 0.3) is 5.65 Å². The van der Waals surface area contributed by atoms with Crippen molar-refractivity contribution in [2.24, 2.45) is 0 Å². The van der Waals surface area contributed by atoms with Gasteiger partial charge >= 0.3 is 0 Å². The second kappa shape index (κ2) is 1.78. The highest BCUT2D eigenvalue weighted by atomic mass is 16.1. The first-order chi connectivity index (χ1) is 5.27. The van der Waals surface area contributed by atoms with Gasteiger partial charge in [0, 0.05) is 0 Å². The first-order valence-electron chi connectivity index (χ1n) is 2.83. The van der Waals surface area contributed by atoms with Crippen LogP contribution in [0.3, 0.4) is 0 Å². The summed E-state index contributed by atoms with van der Waals surface area (Å²) in [6.45, 7) is 0. The molecule has 0 saturated carbocycles. The largest absolute Gasteiger partial charge is 0.368 e. The number of nitrogens with two attached hydrogens (primary N) is 1. The maximum absolute atomic E-state index is 11.0. The molecule has 0 radical (unpaired) electrons. The van der Waals surface area contributed by atoms with Crippen molar-refractivity contribution in [1.82, 2.24) is 24.8 Å². The highest BCUT2D eigenvalue weighted by Gasteiger charge is 2.01. The van der Waals surface area contributed by atoms with Crippen LogP contribution in [-0.4, -0.2) is 24.8 Å². The third-order valence-electron chi connectivity index (χ3n) is 1.19. The normalized spacial score (nSPS) is 10.5. The van der Waals surface area contributed by atoms with Gasteiger partial charge in [0.2, 0.25) is 11.6 Å². The van der Waals surface area contributed by atoms with Crippen molar-refractivity contribution in [1.29, 1.82) is 0 Å². The van der Waals surface area contributed by atoms with Crippen LogP contribution in [0, 0.1) is 0 Å². The van der Waals surface area contributed by atoms with Crippen molar-refractivity contribution in [3.63, 3.8) is 0 Å². The van der Waals surface area contributed by atoms with E-state index in [1.54, 1.807) is 0 Å². The first-order valence-corrected chi connectivity index (χ1v) is 2.83. The molecule has 7 heteroatoms. The van der Waals surface area contributed by atoms with Gasteiger partial charge in [-0.15, -0.1) is 15.3 Å². The van der Waals surface area contributed by atoms with Gasteiger partial charge in [-0.2, -0.15) is 4.52 Å². The summed E-state index contributed by atoms with van der Waals surface area (Å²) in [6, 6.07) is 0. The fourth-order valence-electron chi connectivity index (χ4n) is 0.766. The van der Waals surface area contributed by atoms with Crippen molar-refractivity contribution in [3.8, 4) is 0 Å². The third-order valence-corrected chi connectivity index (χ3v) is 1.19. The van der Waals surface area contributed by atoms with E-state index in [9.17, 15) is 4.79 Å². The molecule has 11 heavy (non-hydrogen) atoms. The van der Waals surface area contributed by atoms with Crippen LogP contribution < -0.4 is 11.3 Å². The SMILES string of the molecule is Nc1nn2cnnc2c(=O)[nH]1.